The van der Waals surface area contributed by atoms with Crippen molar-refractivity contribution in [3.05, 3.63) is 35.5 Å². The van der Waals surface area contributed by atoms with Crippen LogP contribution in [0.1, 0.15) is 12.6 Å². The molecule has 1 aliphatic rings. The zero-order valence-electron chi connectivity index (χ0n) is 7.61. The summed E-state index contributed by atoms with van der Waals surface area (Å²) in [4.78, 5) is 0. The maximum absolute atomic E-state index is 5.91. The number of ether oxygens (including phenoxy) is 1. The highest BCUT2D eigenvalue weighted by molar-refractivity contribution is 6.31. The van der Waals surface area contributed by atoms with E-state index in [0.29, 0.717) is 0 Å². The van der Waals surface area contributed by atoms with Crippen molar-refractivity contribution in [3.63, 3.8) is 0 Å². The van der Waals surface area contributed by atoms with Crippen molar-refractivity contribution in [2.24, 2.45) is 0 Å². The van der Waals surface area contributed by atoms with Crippen LogP contribution in [0.4, 0.5) is 0 Å². The van der Waals surface area contributed by atoms with Gasteiger partial charge in [-0.3, -0.25) is 0 Å². The molecule has 2 heterocycles. The Morgan fingerprint density at radius 3 is 2.93 bits per heavy atom. The van der Waals surface area contributed by atoms with Gasteiger partial charge in [0.25, 0.3) is 0 Å². The van der Waals surface area contributed by atoms with E-state index < -0.39 is 0 Å². The smallest absolute Gasteiger partial charge is 0.136 e. The summed E-state index contributed by atoms with van der Waals surface area (Å²) >= 11 is 5.91. The molecule has 0 amide bonds. The highest BCUT2D eigenvalue weighted by atomic mass is 35.5. The Morgan fingerprint density at radius 2 is 2.21 bits per heavy atom. The molecule has 0 radical (unpaired) electrons. The fourth-order valence-electron chi connectivity index (χ4n) is 1.83. The van der Waals surface area contributed by atoms with Gasteiger partial charge in [0.05, 0.1) is 12.1 Å². The molecule has 3 rings (SSSR count). The predicted octanol–water partition coefficient (Wildman–Crippen LogP) is 3.21. The van der Waals surface area contributed by atoms with Crippen LogP contribution in [0, 0.1) is 0 Å². The summed E-state index contributed by atoms with van der Waals surface area (Å²) in [5.41, 5.74) is 1.19. The number of nitrogens with zero attached hydrogens (tertiary/aromatic N) is 1. The van der Waals surface area contributed by atoms with Crippen LogP contribution in [0.2, 0.25) is 5.02 Å². The molecule has 0 N–H and O–H groups in total. The first kappa shape index (κ1) is 8.33. The van der Waals surface area contributed by atoms with Gasteiger partial charge in [-0.1, -0.05) is 11.6 Å². The van der Waals surface area contributed by atoms with Gasteiger partial charge in [-0.2, -0.15) is 0 Å². The van der Waals surface area contributed by atoms with E-state index in [2.05, 4.69) is 16.8 Å². The average Bonchev–Trinajstić information content (AvgIpc) is 2.45. The van der Waals surface area contributed by atoms with Crippen LogP contribution in [0.15, 0.2) is 30.5 Å². The Labute approximate surface area is 87.0 Å². The van der Waals surface area contributed by atoms with Gasteiger partial charge in [0, 0.05) is 23.0 Å². The summed E-state index contributed by atoms with van der Waals surface area (Å²) < 4.78 is 7.61. The second kappa shape index (κ2) is 3.01. The number of rotatable bonds is 1. The van der Waals surface area contributed by atoms with E-state index >= 15 is 0 Å². The predicted molar refractivity (Wildman–Crippen MR) is 56.6 cm³/mol. The van der Waals surface area contributed by atoms with Crippen LogP contribution in [0.5, 0.6) is 0 Å². The van der Waals surface area contributed by atoms with Gasteiger partial charge < -0.3 is 9.30 Å². The molecule has 1 saturated heterocycles. The van der Waals surface area contributed by atoms with Gasteiger partial charge in [-0.05, 0) is 24.3 Å². The number of benzene rings is 1. The van der Waals surface area contributed by atoms with Crippen LogP contribution < -0.4 is 0 Å². The van der Waals surface area contributed by atoms with E-state index in [4.69, 9.17) is 16.3 Å². The molecular formula is C11H10ClNO. The quantitative estimate of drug-likeness (QED) is 0.701. The molecule has 0 saturated carbocycles. The lowest BCUT2D eigenvalue weighted by atomic mass is 10.2. The van der Waals surface area contributed by atoms with Crippen molar-refractivity contribution in [1.82, 2.24) is 4.57 Å². The molecule has 0 bridgehead atoms. The van der Waals surface area contributed by atoms with Crippen molar-refractivity contribution in [2.75, 3.05) is 6.61 Å². The van der Waals surface area contributed by atoms with E-state index in [1.807, 2.05) is 18.2 Å². The molecule has 1 aromatic heterocycles. The Hall–Kier alpha value is -0.990. The average molecular weight is 208 g/mol. The lowest BCUT2D eigenvalue weighted by Gasteiger charge is -2.28. The van der Waals surface area contributed by atoms with E-state index in [1.54, 1.807) is 0 Å². The number of halogens is 1. The van der Waals surface area contributed by atoms with Gasteiger partial charge in [0.15, 0.2) is 0 Å². The first-order valence-electron chi connectivity index (χ1n) is 4.72. The molecule has 2 aromatic rings. The SMILES string of the molecule is Clc1ccc2c(ccn2C2CCO2)c1. The summed E-state index contributed by atoms with van der Waals surface area (Å²) in [7, 11) is 0. The zero-order chi connectivity index (χ0) is 9.54. The van der Waals surface area contributed by atoms with Crippen molar-refractivity contribution in [3.8, 4) is 0 Å². The molecule has 0 spiro atoms. The third-order valence-electron chi connectivity index (χ3n) is 2.67. The number of hydrogen-bond donors (Lipinski definition) is 0. The molecule has 1 atom stereocenters. The summed E-state index contributed by atoms with van der Waals surface area (Å²) in [5.74, 6) is 0. The van der Waals surface area contributed by atoms with Gasteiger partial charge in [-0.25, -0.2) is 0 Å². The zero-order valence-corrected chi connectivity index (χ0v) is 8.37. The standard InChI is InChI=1S/C11H10ClNO/c12-9-1-2-10-8(7-9)3-5-13(10)11-4-6-14-11/h1-3,5,7,11H,4,6H2. The van der Waals surface area contributed by atoms with Crippen LogP contribution in [-0.4, -0.2) is 11.2 Å². The summed E-state index contributed by atoms with van der Waals surface area (Å²) in [5, 5.41) is 1.96. The molecule has 1 aromatic carbocycles. The van der Waals surface area contributed by atoms with Gasteiger partial charge >= 0.3 is 0 Å². The second-order valence-electron chi connectivity index (χ2n) is 3.54. The van der Waals surface area contributed by atoms with E-state index in [9.17, 15) is 0 Å². The second-order valence-corrected chi connectivity index (χ2v) is 3.98. The molecule has 1 unspecified atom stereocenters. The van der Waals surface area contributed by atoms with Crippen LogP contribution >= 0.6 is 11.6 Å². The molecule has 14 heavy (non-hydrogen) atoms. The van der Waals surface area contributed by atoms with E-state index in [-0.39, 0.29) is 6.23 Å². The molecule has 0 aliphatic carbocycles. The third kappa shape index (κ3) is 1.15. The number of hydrogen-bond acceptors (Lipinski definition) is 1. The summed E-state index contributed by atoms with van der Waals surface area (Å²) in [6.45, 7) is 0.873. The molecule has 2 nitrogen and oxygen atoms in total. The minimum Gasteiger partial charge on any atom is -0.358 e. The maximum Gasteiger partial charge on any atom is 0.136 e. The molecule has 1 fully saturated rings. The minimum atomic E-state index is 0.230. The number of fused-ring (bicyclic) bond motifs is 1. The fraction of sp³-hybridized carbons (Fsp3) is 0.273. The Bertz CT molecular complexity index is 473. The van der Waals surface area contributed by atoms with Crippen LogP contribution in [-0.2, 0) is 4.74 Å². The lowest BCUT2D eigenvalue weighted by Crippen LogP contribution is -2.23. The molecule has 72 valence electrons. The van der Waals surface area contributed by atoms with E-state index in [1.165, 1.54) is 10.9 Å². The van der Waals surface area contributed by atoms with Crippen molar-refractivity contribution in [1.29, 1.82) is 0 Å². The highest BCUT2D eigenvalue weighted by Gasteiger charge is 2.20. The van der Waals surface area contributed by atoms with Crippen molar-refractivity contribution < 1.29 is 4.74 Å². The third-order valence-corrected chi connectivity index (χ3v) is 2.90. The van der Waals surface area contributed by atoms with Crippen LogP contribution in [0.3, 0.4) is 0 Å². The fourth-order valence-corrected chi connectivity index (χ4v) is 2.01. The van der Waals surface area contributed by atoms with Gasteiger partial charge in [0.1, 0.15) is 6.23 Å². The highest BCUT2D eigenvalue weighted by Crippen LogP contribution is 2.29. The summed E-state index contributed by atoms with van der Waals surface area (Å²) in [6, 6.07) is 8.01. The molecule has 3 heteroatoms. The van der Waals surface area contributed by atoms with Gasteiger partial charge in [-0.15, -0.1) is 0 Å². The van der Waals surface area contributed by atoms with Gasteiger partial charge in [0.2, 0.25) is 0 Å². The lowest BCUT2D eigenvalue weighted by molar-refractivity contribution is -0.0968. The number of aromatic nitrogens is 1. The van der Waals surface area contributed by atoms with Crippen molar-refractivity contribution >= 4 is 22.5 Å². The largest absolute Gasteiger partial charge is 0.358 e. The first-order valence-corrected chi connectivity index (χ1v) is 5.10. The minimum absolute atomic E-state index is 0.230. The van der Waals surface area contributed by atoms with Crippen molar-refractivity contribution in [2.45, 2.75) is 12.6 Å². The Morgan fingerprint density at radius 1 is 1.36 bits per heavy atom. The topological polar surface area (TPSA) is 14.2 Å². The van der Waals surface area contributed by atoms with Crippen LogP contribution in [0.25, 0.3) is 10.9 Å². The molecule has 1 aliphatic heterocycles. The summed E-state index contributed by atoms with van der Waals surface area (Å²) in [6.07, 6.45) is 3.39. The maximum atomic E-state index is 5.91. The monoisotopic (exact) mass is 207 g/mol. The Kier molecular flexibility index (Phi) is 1.79. The Balaban J connectivity index is 2.16. The molecular weight excluding hydrogens is 198 g/mol. The van der Waals surface area contributed by atoms with E-state index in [0.717, 1.165) is 18.1 Å². The normalized spacial score (nSPS) is 21.1. The first-order chi connectivity index (χ1) is 6.84.